The number of hydrogen-bond acceptors (Lipinski definition) is 7. The maximum absolute atomic E-state index is 13.4. The third kappa shape index (κ3) is 5.06. The number of anilines is 2. The van der Waals surface area contributed by atoms with Crippen LogP contribution in [0, 0.1) is 6.92 Å². The number of nitrogens with one attached hydrogen (secondary N) is 1. The van der Waals surface area contributed by atoms with E-state index in [1.807, 2.05) is 24.0 Å². The minimum atomic E-state index is -3.26. The van der Waals surface area contributed by atoms with E-state index in [9.17, 15) is 13.2 Å². The summed E-state index contributed by atoms with van der Waals surface area (Å²) >= 11 is 0. The molecule has 1 N–H and O–H groups in total. The van der Waals surface area contributed by atoms with Crippen molar-refractivity contribution in [3.63, 3.8) is 0 Å². The molecule has 3 aromatic rings. The number of hydrogen-bond donors (Lipinski definition) is 1. The fraction of sp³-hybridized carbons (Fsp3) is 0.433. The summed E-state index contributed by atoms with van der Waals surface area (Å²) < 4.78 is 29.0. The molecule has 0 unspecified atom stereocenters. The largest absolute Gasteiger partial charge is 0.378 e. The Morgan fingerprint density at radius 3 is 2.40 bits per heavy atom. The maximum Gasteiger partial charge on any atom is 0.322 e. The molecule has 3 aliphatic rings. The van der Waals surface area contributed by atoms with Crippen LogP contribution in [0.4, 0.5) is 16.3 Å². The van der Waals surface area contributed by atoms with E-state index in [4.69, 9.17) is 14.7 Å². The van der Waals surface area contributed by atoms with Crippen molar-refractivity contribution in [2.45, 2.75) is 49.5 Å². The summed E-state index contributed by atoms with van der Waals surface area (Å²) in [7, 11) is -3.26. The quantitative estimate of drug-likeness (QED) is 0.497. The highest BCUT2D eigenvalue weighted by molar-refractivity contribution is 7.90. The molecular formula is C30H35N5O4S. The monoisotopic (exact) mass is 561 g/mol. The number of fused-ring (bicyclic) bond motifs is 2. The van der Waals surface area contributed by atoms with Crippen LogP contribution in [0.3, 0.4) is 0 Å². The average molecular weight is 562 g/mol. The molecule has 2 aromatic heterocycles. The van der Waals surface area contributed by atoms with Crippen LogP contribution in [0.5, 0.6) is 0 Å². The Morgan fingerprint density at radius 1 is 1.00 bits per heavy atom. The van der Waals surface area contributed by atoms with Crippen molar-refractivity contribution in [3.05, 3.63) is 65.5 Å². The molecule has 10 heteroatoms. The molecule has 2 aliphatic heterocycles. The highest BCUT2D eigenvalue weighted by Crippen LogP contribution is 2.50. The van der Waals surface area contributed by atoms with Gasteiger partial charge in [-0.25, -0.2) is 23.2 Å². The van der Waals surface area contributed by atoms with Crippen LogP contribution in [-0.2, 0) is 26.5 Å². The molecule has 0 bridgehead atoms. The average Bonchev–Trinajstić information content (AvgIpc) is 3.57. The Bertz CT molecular complexity index is 1530. The smallest absolute Gasteiger partial charge is 0.322 e. The molecule has 1 aromatic carbocycles. The van der Waals surface area contributed by atoms with E-state index in [1.54, 1.807) is 24.3 Å². The Kier molecular flexibility index (Phi) is 7.00. The first kappa shape index (κ1) is 26.7. The van der Waals surface area contributed by atoms with Gasteiger partial charge in [-0.1, -0.05) is 25.0 Å². The van der Waals surface area contributed by atoms with Crippen molar-refractivity contribution < 1.29 is 17.9 Å². The van der Waals surface area contributed by atoms with Crippen molar-refractivity contribution in [1.82, 2.24) is 15.3 Å². The Morgan fingerprint density at radius 2 is 1.73 bits per heavy atom. The van der Waals surface area contributed by atoms with E-state index in [0.717, 1.165) is 91.7 Å². The number of nitrogens with zero attached hydrogens (tertiary/aromatic N) is 4. The second-order valence-electron chi connectivity index (χ2n) is 11.1. The normalized spacial score (nSPS) is 18.2. The first-order chi connectivity index (χ1) is 19.2. The number of aromatic nitrogens is 2. The summed E-state index contributed by atoms with van der Waals surface area (Å²) in [5, 5.41) is 3.03. The number of pyridine rings is 2. The summed E-state index contributed by atoms with van der Waals surface area (Å²) in [6, 6.07) is 14.7. The fourth-order valence-electron chi connectivity index (χ4n) is 6.22. The van der Waals surface area contributed by atoms with Gasteiger partial charge in [-0.15, -0.1) is 0 Å². The predicted molar refractivity (Wildman–Crippen MR) is 155 cm³/mol. The van der Waals surface area contributed by atoms with Gasteiger partial charge in [-0.3, -0.25) is 4.90 Å². The number of rotatable bonds is 5. The van der Waals surface area contributed by atoms with E-state index in [-0.39, 0.29) is 16.3 Å². The molecular weight excluding hydrogens is 526 g/mol. The Hall–Kier alpha value is -3.50. The molecule has 1 aliphatic carbocycles. The van der Waals surface area contributed by atoms with Gasteiger partial charge in [0.15, 0.2) is 9.84 Å². The van der Waals surface area contributed by atoms with Crippen molar-refractivity contribution >= 4 is 27.4 Å². The molecule has 0 atom stereocenters. The summed E-state index contributed by atoms with van der Waals surface area (Å²) in [6.07, 6.45) is 5.47. The number of amides is 2. The zero-order chi connectivity index (χ0) is 27.9. The minimum absolute atomic E-state index is 0.130. The molecule has 40 heavy (non-hydrogen) atoms. The molecule has 0 radical (unpaired) electrons. The molecule has 1 saturated carbocycles. The van der Waals surface area contributed by atoms with Crippen molar-refractivity contribution in [3.8, 4) is 11.3 Å². The molecule has 9 nitrogen and oxygen atoms in total. The maximum atomic E-state index is 13.4. The molecule has 210 valence electrons. The molecule has 1 saturated heterocycles. The van der Waals surface area contributed by atoms with Gasteiger partial charge >= 0.3 is 6.03 Å². The fourth-order valence-corrected chi connectivity index (χ4v) is 6.85. The van der Waals surface area contributed by atoms with Crippen LogP contribution in [0.15, 0.2) is 53.4 Å². The van der Waals surface area contributed by atoms with E-state index in [1.165, 1.54) is 6.26 Å². The third-order valence-corrected chi connectivity index (χ3v) is 9.54. The van der Waals surface area contributed by atoms with E-state index < -0.39 is 9.84 Å². The predicted octanol–water partition coefficient (Wildman–Crippen LogP) is 4.23. The number of sulfone groups is 1. The third-order valence-electron chi connectivity index (χ3n) is 8.41. The van der Waals surface area contributed by atoms with Crippen LogP contribution < -0.4 is 15.1 Å². The Balaban J connectivity index is 1.23. The van der Waals surface area contributed by atoms with Gasteiger partial charge in [-0.05, 0) is 61.7 Å². The standard InChI is InChI=1S/C30H35N5O4S/c1-21-24(9-12-27(32-21)34-15-17-39-18-16-34)25-10-11-26-28(33-25)30(13-3-4-14-30)20-35(26)29(36)31-19-22-5-7-23(8-6-22)40(2,37)38/h5-12H,3-4,13-20H2,1-2H3,(H,31,36). The highest BCUT2D eigenvalue weighted by Gasteiger charge is 2.47. The number of carbonyl (C=O) groups excluding carboxylic acids is 1. The van der Waals surface area contributed by atoms with Crippen LogP contribution in [0.1, 0.15) is 42.6 Å². The van der Waals surface area contributed by atoms with Crippen LogP contribution >= 0.6 is 0 Å². The molecule has 6 rings (SSSR count). The number of morpholine rings is 1. The lowest BCUT2D eigenvalue weighted by Crippen LogP contribution is -2.41. The lowest BCUT2D eigenvalue weighted by Gasteiger charge is -2.28. The highest BCUT2D eigenvalue weighted by atomic mass is 32.2. The lowest BCUT2D eigenvalue weighted by atomic mass is 9.84. The molecule has 4 heterocycles. The number of aryl methyl sites for hydroxylation is 1. The summed E-state index contributed by atoms with van der Waals surface area (Å²) in [5.74, 6) is 0.965. The van der Waals surface area contributed by atoms with Crippen molar-refractivity contribution in [1.29, 1.82) is 0 Å². The van der Waals surface area contributed by atoms with E-state index in [2.05, 4.69) is 22.3 Å². The number of benzene rings is 1. The second kappa shape index (κ2) is 10.5. The summed E-state index contributed by atoms with van der Waals surface area (Å²) in [5.41, 5.74) is 5.41. The molecule has 1 spiro atoms. The van der Waals surface area contributed by atoms with Crippen molar-refractivity contribution in [2.24, 2.45) is 0 Å². The van der Waals surface area contributed by atoms with Gasteiger partial charge < -0.3 is 15.0 Å². The lowest BCUT2D eigenvalue weighted by molar-refractivity contribution is 0.122. The zero-order valence-corrected chi connectivity index (χ0v) is 23.8. The molecule has 2 fully saturated rings. The van der Waals surface area contributed by atoms with Gasteiger partial charge in [0.1, 0.15) is 5.82 Å². The van der Waals surface area contributed by atoms with Gasteiger partial charge in [0.25, 0.3) is 0 Å². The minimum Gasteiger partial charge on any atom is -0.378 e. The van der Waals surface area contributed by atoms with Gasteiger partial charge in [0.2, 0.25) is 0 Å². The van der Waals surface area contributed by atoms with E-state index >= 15 is 0 Å². The number of urea groups is 1. The van der Waals surface area contributed by atoms with Gasteiger partial charge in [-0.2, -0.15) is 0 Å². The van der Waals surface area contributed by atoms with E-state index in [0.29, 0.717) is 13.1 Å². The van der Waals surface area contributed by atoms with Crippen LogP contribution in [0.25, 0.3) is 11.3 Å². The van der Waals surface area contributed by atoms with Crippen molar-refractivity contribution in [2.75, 3.05) is 48.9 Å². The second-order valence-corrected chi connectivity index (χ2v) is 13.1. The first-order valence-corrected chi connectivity index (χ1v) is 15.8. The van der Waals surface area contributed by atoms with Crippen LogP contribution in [0.2, 0.25) is 0 Å². The van der Waals surface area contributed by atoms with Gasteiger partial charge in [0.05, 0.1) is 35.2 Å². The Labute approximate surface area is 235 Å². The summed E-state index contributed by atoms with van der Waals surface area (Å²) in [4.78, 5) is 27.8. The summed E-state index contributed by atoms with van der Waals surface area (Å²) in [6.45, 7) is 6.08. The van der Waals surface area contributed by atoms with Crippen LogP contribution in [-0.4, -0.2) is 63.5 Å². The topological polar surface area (TPSA) is 105 Å². The SMILES string of the molecule is Cc1nc(N2CCOCC2)ccc1-c1ccc2c(n1)C1(CCCC1)CN2C(=O)NCc1ccc(S(C)(=O)=O)cc1. The number of carbonyl (C=O) groups is 1. The first-order valence-electron chi connectivity index (χ1n) is 13.9. The molecule has 2 amide bonds. The van der Waals surface area contributed by atoms with Gasteiger partial charge in [0, 0.05) is 49.1 Å². The number of ether oxygens (including phenoxy) is 1. The zero-order valence-electron chi connectivity index (χ0n) is 23.0.